The fourth-order valence-electron chi connectivity index (χ4n) is 4.35. The van der Waals surface area contributed by atoms with E-state index in [1.54, 1.807) is 0 Å². The van der Waals surface area contributed by atoms with E-state index in [-0.39, 0.29) is 30.7 Å². The number of carboxylic acids is 1. The molecule has 1 aliphatic carbocycles. The molecule has 0 radical (unpaired) electrons. The molecule has 26 heavy (non-hydrogen) atoms. The quantitative estimate of drug-likeness (QED) is 0.748. The molecule has 1 amide bonds. The standard InChI is InChI=1S/C20H36N2O4/c1-4-18(26-17-9-5-7-15(2)13-17)20(25)22-11-6-8-16(10-12-22)21(3)14-19(23)24/h15-18H,4-14H2,1-3H3,(H,23,24). The number of carboxylic acid groups (broad SMARTS) is 1. The fraction of sp³-hybridized carbons (Fsp3) is 0.900. The summed E-state index contributed by atoms with van der Waals surface area (Å²) in [5, 5.41) is 8.98. The minimum Gasteiger partial charge on any atom is -0.480 e. The molecule has 1 heterocycles. The summed E-state index contributed by atoms with van der Waals surface area (Å²) in [7, 11) is 1.86. The number of hydrogen-bond donors (Lipinski definition) is 1. The first-order chi connectivity index (χ1) is 12.4. The Labute approximate surface area is 157 Å². The van der Waals surface area contributed by atoms with E-state index < -0.39 is 5.97 Å². The molecule has 2 rings (SSSR count). The molecule has 0 aromatic carbocycles. The van der Waals surface area contributed by atoms with Gasteiger partial charge in [0, 0.05) is 19.1 Å². The van der Waals surface area contributed by atoms with E-state index >= 15 is 0 Å². The third-order valence-corrected chi connectivity index (χ3v) is 5.91. The average Bonchev–Trinajstić information content (AvgIpc) is 2.85. The van der Waals surface area contributed by atoms with Crippen LogP contribution in [0.3, 0.4) is 0 Å². The summed E-state index contributed by atoms with van der Waals surface area (Å²) in [6.45, 7) is 5.78. The van der Waals surface area contributed by atoms with Crippen LogP contribution in [0, 0.1) is 5.92 Å². The SMILES string of the molecule is CCC(OC1CCCC(C)C1)C(=O)N1CCCC(N(C)CC(=O)O)CC1. The highest BCUT2D eigenvalue weighted by molar-refractivity contribution is 5.81. The first kappa shape index (κ1) is 21.2. The highest BCUT2D eigenvalue weighted by Gasteiger charge is 2.30. The molecule has 1 aliphatic heterocycles. The van der Waals surface area contributed by atoms with Crippen molar-refractivity contribution in [2.75, 3.05) is 26.7 Å². The van der Waals surface area contributed by atoms with Crippen molar-refractivity contribution in [2.24, 2.45) is 5.92 Å². The van der Waals surface area contributed by atoms with Gasteiger partial charge in [0.05, 0.1) is 12.6 Å². The molecule has 0 bridgehead atoms. The highest BCUT2D eigenvalue weighted by atomic mass is 16.5. The van der Waals surface area contributed by atoms with E-state index in [0.717, 1.165) is 38.6 Å². The van der Waals surface area contributed by atoms with E-state index in [0.29, 0.717) is 18.9 Å². The summed E-state index contributed by atoms with van der Waals surface area (Å²) in [4.78, 5) is 27.7. The van der Waals surface area contributed by atoms with Gasteiger partial charge in [-0.25, -0.2) is 0 Å². The molecule has 4 unspecified atom stereocenters. The molecule has 1 saturated carbocycles. The number of rotatable bonds is 7. The van der Waals surface area contributed by atoms with Crippen LogP contribution in [0.5, 0.6) is 0 Å². The van der Waals surface area contributed by atoms with E-state index in [2.05, 4.69) is 6.92 Å². The Morgan fingerprint density at radius 1 is 1.19 bits per heavy atom. The Morgan fingerprint density at radius 2 is 1.96 bits per heavy atom. The summed E-state index contributed by atoms with van der Waals surface area (Å²) in [6, 6.07) is 0.226. The highest BCUT2D eigenvalue weighted by Crippen LogP contribution is 2.27. The number of carbonyl (C=O) groups excluding carboxylic acids is 1. The molecule has 0 aromatic heterocycles. The number of aliphatic carboxylic acids is 1. The van der Waals surface area contributed by atoms with Gasteiger partial charge < -0.3 is 14.7 Å². The third kappa shape index (κ3) is 6.23. The second kappa shape index (κ2) is 10.3. The predicted molar refractivity (Wildman–Crippen MR) is 101 cm³/mol. The third-order valence-electron chi connectivity index (χ3n) is 5.91. The zero-order valence-electron chi connectivity index (χ0n) is 16.7. The van der Waals surface area contributed by atoms with Crippen molar-refractivity contribution in [2.45, 2.75) is 83.5 Å². The van der Waals surface area contributed by atoms with Crippen molar-refractivity contribution in [1.29, 1.82) is 0 Å². The first-order valence-corrected chi connectivity index (χ1v) is 10.3. The largest absolute Gasteiger partial charge is 0.480 e. The van der Waals surface area contributed by atoms with E-state index in [4.69, 9.17) is 9.84 Å². The molecule has 150 valence electrons. The maximum absolute atomic E-state index is 13.0. The smallest absolute Gasteiger partial charge is 0.317 e. The van der Waals surface area contributed by atoms with Crippen LogP contribution in [0.25, 0.3) is 0 Å². The van der Waals surface area contributed by atoms with Crippen molar-refractivity contribution >= 4 is 11.9 Å². The summed E-state index contributed by atoms with van der Waals surface area (Å²) in [5.41, 5.74) is 0. The second-order valence-electron chi connectivity index (χ2n) is 8.15. The van der Waals surface area contributed by atoms with Crippen LogP contribution in [0.2, 0.25) is 0 Å². The number of likely N-dealkylation sites (N-methyl/N-ethyl adjacent to an activating group) is 1. The Kier molecular flexibility index (Phi) is 8.35. The minimum atomic E-state index is -0.800. The van der Waals surface area contributed by atoms with Gasteiger partial charge in [-0.3, -0.25) is 14.5 Å². The lowest BCUT2D eigenvalue weighted by Gasteiger charge is -2.32. The Hall–Kier alpha value is -1.14. The Bertz CT molecular complexity index is 471. The Balaban J connectivity index is 1.87. The van der Waals surface area contributed by atoms with Crippen LogP contribution >= 0.6 is 0 Å². The topological polar surface area (TPSA) is 70.1 Å². The molecular weight excluding hydrogens is 332 g/mol. The summed E-state index contributed by atoms with van der Waals surface area (Å²) in [6.07, 6.45) is 7.85. The molecule has 0 aromatic rings. The lowest BCUT2D eigenvalue weighted by atomic mass is 9.88. The predicted octanol–water partition coefficient (Wildman–Crippen LogP) is 2.76. The lowest BCUT2D eigenvalue weighted by molar-refractivity contribution is -0.150. The van der Waals surface area contributed by atoms with Crippen molar-refractivity contribution in [3.05, 3.63) is 0 Å². The van der Waals surface area contributed by atoms with E-state index in [9.17, 15) is 9.59 Å². The average molecular weight is 369 g/mol. The van der Waals surface area contributed by atoms with Gasteiger partial charge in [0.1, 0.15) is 6.10 Å². The molecule has 1 N–H and O–H groups in total. The van der Waals surface area contributed by atoms with Gasteiger partial charge in [0.25, 0.3) is 5.91 Å². The maximum Gasteiger partial charge on any atom is 0.317 e. The summed E-state index contributed by atoms with van der Waals surface area (Å²) >= 11 is 0. The maximum atomic E-state index is 13.0. The van der Waals surface area contributed by atoms with Crippen molar-refractivity contribution in [1.82, 2.24) is 9.80 Å². The lowest BCUT2D eigenvalue weighted by Crippen LogP contribution is -2.43. The van der Waals surface area contributed by atoms with Gasteiger partial charge in [-0.15, -0.1) is 0 Å². The molecule has 0 spiro atoms. The van der Waals surface area contributed by atoms with Crippen molar-refractivity contribution < 1.29 is 19.4 Å². The monoisotopic (exact) mass is 368 g/mol. The number of amides is 1. The van der Waals surface area contributed by atoms with Crippen LogP contribution in [-0.4, -0.2) is 71.7 Å². The van der Waals surface area contributed by atoms with Crippen LogP contribution in [0.15, 0.2) is 0 Å². The van der Waals surface area contributed by atoms with Gasteiger partial charge >= 0.3 is 5.97 Å². The number of carbonyl (C=O) groups is 2. The van der Waals surface area contributed by atoms with E-state index in [1.807, 2.05) is 23.8 Å². The summed E-state index contributed by atoms with van der Waals surface area (Å²) in [5.74, 6) is 0.00294. The van der Waals surface area contributed by atoms with E-state index in [1.165, 1.54) is 12.8 Å². The normalized spacial score (nSPS) is 28.6. The van der Waals surface area contributed by atoms with Gasteiger partial charge in [0.2, 0.25) is 0 Å². The molecule has 1 saturated heterocycles. The summed E-state index contributed by atoms with van der Waals surface area (Å²) < 4.78 is 6.21. The first-order valence-electron chi connectivity index (χ1n) is 10.3. The molecule has 4 atom stereocenters. The van der Waals surface area contributed by atoms with Crippen LogP contribution in [0.1, 0.15) is 65.2 Å². The van der Waals surface area contributed by atoms with Crippen LogP contribution in [-0.2, 0) is 14.3 Å². The molecular formula is C20H36N2O4. The molecule has 2 aliphatic rings. The van der Waals surface area contributed by atoms with Gasteiger partial charge in [-0.05, 0) is 51.5 Å². The van der Waals surface area contributed by atoms with Gasteiger partial charge in [-0.1, -0.05) is 26.7 Å². The zero-order valence-corrected chi connectivity index (χ0v) is 16.7. The molecule has 2 fully saturated rings. The van der Waals surface area contributed by atoms with Crippen LogP contribution in [0.4, 0.5) is 0 Å². The molecule has 6 nitrogen and oxygen atoms in total. The van der Waals surface area contributed by atoms with Gasteiger partial charge in [0.15, 0.2) is 0 Å². The number of nitrogens with zero attached hydrogens (tertiary/aromatic N) is 2. The zero-order chi connectivity index (χ0) is 19.1. The number of ether oxygens (including phenoxy) is 1. The molecule has 6 heteroatoms. The minimum absolute atomic E-state index is 0.0547. The number of likely N-dealkylation sites (tertiary alicyclic amines) is 1. The number of hydrogen-bond acceptors (Lipinski definition) is 4. The van der Waals surface area contributed by atoms with Crippen molar-refractivity contribution in [3.8, 4) is 0 Å². The van der Waals surface area contributed by atoms with Gasteiger partial charge in [-0.2, -0.15) is 0 Å². The van der Waals surface area contributed by atoms with Crippen LogP contribution < -0.4 is 0 Å². The fourth-order valence-corrected chi connectivity index (χ4v) is 4.35. The second-order valence-corrected chi connectivity index (χ2v) is 8.15. The van der Waals surface area contributed by atoms with Crippen molar-refractivity contribution in [3.63, 3.8) is 0 Å². The Morgan fingerprint density at radius 3 is 2.62 bits per heavy atom.